The van der Waals surface area contributed by atoms with Gasteiger partial charge in [-0.2, -0.15) is 0 Å². The van der Waals surface area contributed by atoms with Crippen molar-refractivity contribution in [1.29, 1.82) is 0 Å². The maximum atomic E-state index is 5.66. The number of oxazole rings is 1. The van der Waals surface area contributed by atoms with E-state index in [1.54, 1.807) is 6.20 Å². The molecule has 1 aliphatic heterocycles. The number of aromatic nitrogens is 1. The molecule has 1 aromatic rings. The summed E-state index contributed by atoms with van der Waals surface area (Å²) in [7, 11) is 0. The van der Waals surface area contributed by atoms with Gasteiger partial charge in [0, 0.05) is 5.92 Å². The first-order valence-corrected chi connectivity index (χ1v) is 5.17. The number of rotatable bonds is 2. The van der Waals surface area contributed by atoms with E-state index in [4.69, 9.17) is 9.15 Å². The Morgan fingerprint density at radius 2 is 2.29 bits per heavy atom. The second-order valence-corrected chi connectivity index (χ2v) is 3.88. The third-order valence-corrected chi connectivity index (χ3v) is 2.64. The Morgan fingerprint density at radius 1 is 1.36 bits per heavy atom. The van der Waals surface area contributed by atoms with Gasteiger partial charge in [0.15, 0.2) is 11.7 Å². The van der Waals surface area contributed by atoms with Crippen molar-refractivity contribution in [3.8, 4) is 0 Å². The first-order chi connectivity index (χ1) is 6.93. The third kappa shape index (κ3) is 1.48. The Hall–Kier alpha value is -1.09. The van der Waals surface area contributed by atoms with Crippen LogP contribution in [0.15, 0.2) is 22.8 Å². The monoisotopic (exact) mass is 191 g/mol. The molecular formula is C11H13NO2. The van der Waals surface area contributed by atoms with Crippen LogP contribution in [0.5, 0.6) is 0 Å². The molecule has 0 saturated heterocycles. The molecule has 0 N–H and O–H groups in total. The van der Waals surface area contributed by atoms with E-state index in [1.165, 1.54) is 12.8 Å². The molecule has 0 spiro atoms. The topological polar surface area (TPSA) is 35.3 Å². The van der Waals surface area contributed by atoms with E-state index < -0.39 is 0 Å². The summed E-state index contributed by atoms with van der Waals surface area (Å²) in [5.74, 6) is 2.32. The van der Waals surface area contributed by atoms with Gasteiger partial charge in [-0.1, -0.05) is 12.2 Å². The zero-order chi connectivity index (χ0) is 9.38. The maximum Gasteiger partial charge on any atom is 0.197 e. The van der Waals surface area contributed by atoms with E-state index in [1.807, 2.05) is 6.08 Å². The lowest BCUT2D eigenvalue weighted by Gasteiger charge is -2.14. The fraction of sp³-hybridized carbons (Fsp3) is 0.545. The molecule has 2 aliphatic rings. The zero-order valence-corrected chi connectivity index (χ0v) is 7.98. The van der Waals surface area contributed by atoms with Gasteiger partial charge in [-0.25, -0.2) is 4.98 Å². The molecule has 1 fully saturated rings. The van der Waals surface area contributed by atoms with E-state index in [9.17, 15) is 0 Å². The SMILES string of the molecule is C1=CC(c2cnc(C3CC3)o2)OCC1. The number of ether oxygens (including phenoxy) is 1. The molecule has 1 saturated carbocycles. The Labute approximate surface area is 82.8 Å². The van der Waals surface area contributed by atoms with Crippen LogP contribution in [0.2, 0.25) is 0 Å². The molecule has 0 radical (unpaired) electrons. The smallest absolute Gasteiger partial charge is 0.197 e. The molecule has 1 atom stereocenters. The van der Waals surface area contributed by atoms with Gasteiger partial charge < -0.3 is 9.15 Å². The first-order valence-electron chi connectivity index (χ1n) is 5.17. The lowest BCUT2D eigenvalue weighted by molar-refractivity contribution is 0.0643. The Morgan fingerprint density at radius 3 is 3.00 bits per heavy atom. The Bertz CT molecular complexity index is 352. The van der Waals surface area contributed by atoms with Gasteiger partial charge in [0.05, 0.1) is 12.8 Å². The van der Waals surface area contributed by atoms with Crippen LogP contribution in [-0.4, -0.2) is 11.6 Å². The van der Waals surface area contributed by atoms with Crippen LogP contribution in [0, 0.1) is 0 Å². The molecule has 1 aromatic heterocycles. The van der Waals surface area contributed by atoms with Crippen LogP contribution in [0.1, 0.15) is 42.9 Å². The molecular weight excluding hydrogens is 178 g/mol. The summed E-state index contributed by atoms with van der Waals surface area (Å²) < 4.78 is 11.2. The van der Waals surface area contributed by atoms with Gasteiger partial charge in [0.1, 0.15) is 6.10 Å². The molecule has 1 unspecified atom stereocenters. The lowest BCUT2D eigenvalue weighted by atomic mass is 10.2. The van der Waals surface area contributed by atoms with E-state index in [2.05, 4.69) is 11.1 Å². The van der Waals surface area contributed by atoms with Gasteiger partial charge in [-0.05, 0) is 19.3 Å². The van der Waals surface area contributed by atoms with E-state index in [-0.39, 0.29) is 6.10 Å². The summed E-state index contributed by atoms with van der Waals surface area (Å²) in [4.78, 5) is 4.27. The van der Waals surface area contributed by atoms with Crippen molar-refractivity contribution in [2.45, 2.75) is 31.3 Å². The van der Waals surface area contributed by atoms with Gasteiger partial charge in [-0.3, -0.25) is 0 Å². The fourth-order valence-corrected chi connectivity index (χ4v) is 1.67. The highest BCUT2D eigenvalue weighted by molar-refractivity contribution is 5.11. The molecule has 0 aromatic carbocycles. The minimum absolute atomic E-state index is 0.0104. The molecule has 14 heavy (non-hydrogen) atoms. The minimum atomic E-state index is -0.0104. The van der Waals surface area contributed by atoms with Crippen molar-refractivity contribution in [2.24, 2.45) is 0 Å². The molecule has 3 nitrogen and oxygen atoms in total. The quantitative estimate of drug-likeness (QED) is 0.674. The lowest BCUT2D eigenvalue weighted by Crippen LogP contribution is -2.05. The van der Waals surface area contributed by atoms with E-state index in [0.29, 0.717) is 5.92 Å². The largest absolute Gasteiger partial charge is 0.442 e. The second kappa shape index (κ2) is 3.24. The number of hydrogen-bond acceptors (Lipinski definition) is 3. The van der Waals surface area contributed by atoms with Crippen molar-refractivity contribution in [3.63, 3.8) is 0 Å². The average molecular weight is 191 g/mol. The highest BCUT2D eigenvalue weighted by Gasteiger charge is 2.29. The normalized spacial score (nSPS) is 26.7. The van der Waals surface area contributed by atoms with Gasteiger partial charge in [-0.15, -0.1) is 0 Å². The third-order valence-electron chi connectivity index (χ3n) is 2.64. The van der Waals surface area contributed by atoms with Crippen LogP contribution >= 0.6 is 0 Å². The highest BCUT2D eigenvalue weighted by atomic mass is 16.5. The molecule has 74 valence electrons. The number of hydrogen-bond donors (Lipinski definition) is 0. The molecule has 0 amide bonds. The molecule has 1 aliphatic carbocycles. The van der Waals surface area contributed by atoms with Crippen LogP contribution in [-0.2, 0) is 4.74 Å². The average Bonchev–Trinajstić information content (AvgIpc) is 2.98. The van der Waals surface area contributed by atoms with E-state index >= 15 is 0 Å². The maximum absolute atomic E-state index is 5.66. The standard InChI is InChI=1S/C11H13NO2/c1-2-6-13-9(3-1)10-7-12-11(14-10)8-4-5-8/h1,3,7-9H,2,4-6H2. The van der Waals surface area contributed by atoms with Gasteiger partial charge in [0.25, 0.3) is 0 Å². The van der Waals surface area contributed by atoms with Gasteiger partial charge >= 0.3 is 0 Å². The molecule has 3 heteroatoms. The van der Waals surface area contributed by atoms with Crippen molar-refractivity contribution in [2.75, 3.05) is 6.61 Å². The summed E-state index contributed by atoms with van der Waals surface area (Å²) in [6.45, 7) is 0.778. The predicted octanol–water partition coefficient (Wildman–Crippen LogP) is 2.57. The van der Waals surface area contributed by atoms with Crippen LogP contribution < -0.4 is 0 Å². The minimum Gasteiger partial charge on any atom is -0.442 e. The molecule has 3 rings (SSSR count). The van der Waals surface area contributed by atoms with E-state index in [0.717, 1.165) is 24.7 Å². The Kier molecular flexibility index (Phi) is 1.91. The van der Waals surface area contributed by atoms with Crippen LogP contribution in [0.3, 0.4) is 0 Å². The predicted molar refractivity (Wildman–Crippen MR) is 50.9 cm³/mol. The summed E-state index contributed by atoms with van der Waals surface area (Å²) in [6.07, 6.45) is 9.41. The fourth-order valence-electron chi connectivity index (χ4n) is 1.67. The highest BCUT2D eigenvalue weighted by Crippen LogP contribution is 2.40. The summed E-state index contributed by atoms with van der Waals surface area (Å²) in [5.41, 5.74) is 0. The molecule has 0 bridgehead atoms. The summed E-state index contributed by atoms with van der Waals surface area (Å²) >= 11 is 0. The summed E-state index contributed by atoms with van der Waals surface area (Å²) in [6, 6.07) is 0. The van der Waals surface area contributed by atoms with Crippen molar-refractivity contribution in [3.05, 3.63) is 30.0 Å². The van der Waals surface area contributed by atoms with Crippen LogP contribution in [0.4, 0.5) is 0 Å². The molecule has 2 heterocycles. The van der Waals surface area contributed by atoms with Crippen molar-refractivity contribution < 1.29 is 9.15 Å². The van der Waals surface area contributed by atoms with Crippen molar-refractivity contribution >= 4 is 0 Å². The van der Waals surface area contributed by atoms with Gasteiger partial charge in [0.2, 0.25) is 0 Å². The first kappa shape index (κ1) is 8.24. The van der Waals surface area contributed by atoms with Crippen molar-refractivity contribution in [1.82, 2.24) is 4.98 Å². The Balaban J connectivity index is 1.80. The summed E-state index contributed by atoms with van der Waals surface area (Å²) in [5, 5.41) is 0. The van der Waals surface area contributed by atoms with Crippen LogP contribution in [0.25, 0.3) is 0 Å². The zero-order valence-electron chi connectivity index (χ0n) is 7.98. The second-order valence-electron chi connectivity index (χ2n) is 3.88. The number of nitrogens with zero attached hydrogens (tertiary/aromatic N) is 1.